The van der Waals surface area contributed by atoms with E-state index in [0.29, 0.717) is 35.2 Å². The number of hydrogen-bond donors (Lipinski definition) is 1. The molecule has 9 heteroatoms. The van der Waals surface area contributed by atoms with E-state index in [2.05, 4.69) is 14.8 Å². The SMILES string of the molecule is Cc1cc(NS(=O)(=O)C2CC2)n(-c2ncc(Cl)cc2Cl)n1. The summed E-state index contributed by atoms with van der Waals surface area (Å²) < 4.78 is 28.1. The molecule has 0 aromatic carbocycles. The van der Waals surface area contributed by atoms with Crippen LogP contribution in [0.1, 0.15) is 18.5 Å². The monoisotopic (exact) mass is 346 g/mol. The van der Waals surface area contributed by atoms with Crippen molar-refractivity contribution in [1.82, 2.24) is 14.8 Å². The quantitative estimate of drug-likeness (QED) is 0.923. The second-order valence-corrected chi connectivity index (χ2v) is 7.69. The van der Waals surface area contributed by atoms with Gasteiger partial charge in [0.15, 0.2) is 5.82 Å². The van der Waals surface area contributed by atoms with Crippen LogP contribution < -0.4 is 4.72 Å². The maximum absolute atomic E-state index is 12.1. The Kier molecular flexibility index (Phi) is 3.59. The van der Waals surface area contributed by atoms with Crippen LogP contribution >= 0.6 is 23.2 Å². The van der Waals surface area contributed by atoms with Gasteiger partial charge in [-0.25, -0.2) is 13.4 Å². The molecule has 112 valence electrons. The van der Waals surface area contributed by atoms with Gasteiger partial charge in [0.05, 0.1) is 21.0 Å². The van der Waals surface area contributed by atoms with E-state index in [9.17, 15) is 8.42 Å². The predicted octanol–water partition coefficient (Wildman–Crippen LogP) is 2.79. The molecule has 1 N–H and O–H groups in total. The third kappa shape index (κ3) is 3.00. The van der Waals surface area contributed by atoms with Crippen molar-refractivity contribution in [2.45, 2.75) is 25.0 Å². The average Bonchev–Trinajstić information content (AvgIpc) is 3.16. The van der Waals surface area contributed by atoms with E-state index in [1.54, 1.807) is 13.0 Å². The summed E-state index contributed by atoms with van der Waals surface area (Å²) in [5.41, 5.74) is 0.649. The molecular formula is C12H12Cl2N4O2S. The Morgan fingerprint density at radius 3 is 2.67 bits per heavy atom. The Hall–Kier alpha value is -1.31. The molecule has 1 aliphatic carbocycles. The van der Waals surface area contributed by atoms with Gasteiger partial charge in [0.1, 0.15) is 5.82 Å². The summed E-state index contributed by atoms with van der Waals surface area (Å²) in [6.07, 6.45) is 2.80. The van der Waals surface area contributed by atoms with E-state index in [4.69, 9.17) is 23.2 Å². The molecule has 0 saturated heterocycles. The molecular weight excluding hydrogens is 335 g/mol. The van der Waals surface area contributed by atoms with Crippen molar-refractivity contribution >= 4 is 39.0 Å². The van der Waals surface area contributed by atoms with E-state index in [1.165, 1.54) is 16.9 Å². The number of hydrogen-bond acceptors (Lipinski definition) is 4. The van der Waals surface area contributed by atoms with Gasteiger partial charge in [-0.3, -0.25) is 4.72 Å². The minimum atomic E-state index is -3.39. The van der Waals surface area contributed by atoms with Crippen LogP contribution in [0.2, 0.25) is 10.0 Å². The van der Waals surface area contributed by atoms with Gasteiger partial charge in [0.25, 0.3) is 0 Å². The molecule has 0 spiro atoms. The summed E-state index contributed by atoms with van der Waals surface area (Å²) in [4.78, 5) is 4.11. The molecule has 0 aliphatic heterocycles. The smallest absolute Gasteiger partial charge is 0.236 e. The highest BCUT2D eigenvalue weighted by atomic mass is 35.5. The van der Waals surface area contributed by atoms with Crippen molar-refractivity contribution in [2.75, 3.05) is 4.72 Å². The molecule has 2 aromatic heterocycles. The number of halogens is 2. The van der Waals surface area contributed by atoms with Crippen molar-refractivity contribution in [2.24, 2.45) is 0 Å². The Bertz CT molecular complexity index is 800. The number of aryl methyl sites for hydroxylation is 1. The van der Waals surface area contributed by atoms with Crippen molar-refractivity contribution in [1.29, 1.82) is 0 Å². The minimum absolute atomic E-state index is 0.289. The number of nitrogens with one attached hydrogen (secondary N) is 1. The van der Waals surface area contributed by atoms with E-state index in [0.717, 1.165) is 0 Å². The first kappa shape index (κ1) is 14.6. The van der Waals surface area contributed by atoms with E-state index < -0.39 is 10.0 Å². The zero-order chi connectivity index (χ0) is 15.2. The van der Waals surface area contributed by atoms with Crippen molar-refractivity contribution in [3.63, 3.8) is 0 Å². The number of pyridine rings is 1. The van der Waals surface area contributed by atoms with E-state index >= 15 is 0 Å². The molecule has 0 bridgehead atoms. The first-order valence-electron chi connectivity index (χ1n) is 6.26. The van der Waals surface area contributed by atoms with Crippen molar-refractivity contribution in [3.8, 4) is 5.82 Å². The van der Waals surface area contributed by atoms with Crippen LogP contribution in [0.25, 0.3) is 5.82 Å². The molecule has 2 aromatic rings. The fourth-order valence-electron chi connectivity index (χ4n) is 1.90. The molecule has 1 saturated carbocycles. The number of sulfonamides is 1. The summed E-state index contributed by atoms with van der Waals surface area (Å²) >= 11 is 11.9. The normalized spacial score (nSPS) is 15.2. The highest BCUT2D eigenvalue weighted by molar-refractivity contribution is 7.93. The zero-order valence-electron chi connectivity index (χ0n) is 11.0. The third-order valence-corrected chi connectivity index (χ3v) is 5.36. The lowest BCUT2D eigenvalue weighted by Gasteiger charge is -2.10. The lowest BCUT2D eigenvalue weighted by atomic mass is 10.4. The molecule has 0 atom stereocenters. The molecule has 0 amide bonds. The first-order chi connectivity index (χ1) is 9.87. The van der Waals surface area contributed by atoms with Crippen LogP contribution in [0.15, 0.2) is 18.3 Å². The molecule has 2 heterocycles. The molecule has 1 aliphatic rings. The highest BCUT2D eigenvalue weighted by Gasteiger charge is 2.36. The van der Waals surface area contributed by atoms with Gasteiger partial charge >= 0.3 is 0 Å². The summed E-state index contributed by atoms with van der Waals surface area (Å²) in [6.45, 7) is 1.76. The average molecular weight is 347 g/mol. The lowest BCUT2D eigenvalue weighted by Crippen LogP contribution is -2.19. The number of aromatic nitrogens is 3. The summed E-state index contributed by atoms with van der Waals surface area (Å²) in [7, 11) is -3.39. The fraction of sp³-hybridized carbons (Fsp3) is 0.333. The number of nitrogens with zero attached hydrogens (tertiary/aromatic N) is 3. The molecule has 0 radical (unpaired) electrons. The second kappa shape index (κ2) is 5.15. The summed E-state index contributed by atoms with van der Waals surface area (Å²) in [6, 6.07) is 3.16. The predicted molar refractivity (Wildman–Crippen MR) is 81.7 cm³/mol. The van der Waals surface area contributed by atoms with Crippen LogP contribution in [0.4, 0.5) is 5.82 Å². The highest BCUT2D eigenvalue weighted by Crippen LogP contribution is 2.31. The van der Waals surface area contributed by atoms with Gasteiger partial charge in [-0.2, -0.15) is 9.78 Å². The first-order valence-corrected chi connectivity index (χ1v) is 8.57. The minimum Gasteiger partial charge on any atom is -0.267 e. The summed E-state index contributed by atoms with van der Waals surface area (Å²) in [5.74, 6) is 0.638. The maximum Gasteiger partial charge on any atom is 0.236 e. The Morgan fingerprint density at radius 2 is 2.05 bits per heavy atom. The number of anilines is 1. The molecule has 6 nitrogen and oxygen atoms in total. The van der Waals surface area contributed by atoms with Gasteiger partial charge in [-0.15, -0.1) is 0 Å². The van der Waals surface area contributed by atoms with Crippen LogP contribution in [0, 0.1) is 6.92 Å². The molecule has 1 fully saturated rings. The van der Waals surface area contributed by atoms with E-state index in [-0.39, 0.29) is 10.3 Å². The molecule has 3 rings (SSSR count). The molecule has 0 unspecified atom stereocenters. The molecule has 21 heavy (non-hydrogen) atoms. The Morgan fingerprint density at radius 1 is 1.33 bits per heavy atom. The van der Waals surface area contributed by atoms with Crippen LogP contribution in [-0.2, 0) is 10.0 Å². The van der Waals surface area contributed by atoms with Crippen molar-refractivity contribution in [3.05, 3.63) is 34.1 Å². The summed E-state index contributed by atoms with van der Waals surface area (Å²) in [5, 5.41) is 4.60. The third-order valence-electron chi connectivity index (χ3n) is 3.03. The second-order valence-electron chi connectivity index (χ2n) is 4.89. The van der Waals surface area contributed by atoms with Gasteiger partial charge in [-0.05, 0) is 25.8 Å². The van der Waals surface area contributed by atoms with Gasteiger partial charge in [-0.1, -0.05) is 23.2 Å². The van der Waals surface area contributed by atoms with Gasteiger partial charge < -0.3 is 0 Å². The largest absolute Gasteiger partial charge is 0.267 e. The van der Waals surface area contributed by atoms with Crippen LogP contribution in [-0.4, -0.2) is 28.4 Å². The standard InChI is InChI=1S/C12H12Cl2N4O2S/c1-7-4-11(17-21(19,20)9-2-3-9)18(16-7)12-10(14)5-8(13)6-15-12/h4-6,9,17H,2-3H2,1H3. The van der Waals surface area contributed by atoms with Crippen LogP contribution in [0.3, 0.4) is 0 Å². The van der Waals surface area contributed by atoms with Crippen molar-refractivity contribution < 1.29 is 8.42 Å². The lowest BCUT2D eigenvalue weighted by molar-refractivity contribution is 0.599. The van der Waals surface area contributed by atoms with Gasteiger partial charge in [0, 0.05) is 12.3 Å². The maximum atomic E-state index is 12.1. The zero-order valence-corrected chi connectivity index (χ0v) is 13.4. The van der Waals surface area contributed by atoms with E-state index in [1.807, 2.05) is 0 Å². The topological polar surface area (TPSA) is 76.9 Å². The fourth-order valence-corrected chi connectivity index (χ4v) is 3.72. The van der Waals surface area contributed by atoms with Gasteiger partial charge in [0.2, 0.25) is 10.0 Å². The Labute approximate surface area is 132 Å². The van der Waals surface area contributed by atoms with Crippen LogP contribution in [0.5, 0.6) is 0 Å². The number of rotatable bonds is 4. The Balaban J connectivity index is 2.03.